The maximum Gasteiger partial charge on any atom is 0.258 e. The summed E-state index contributed by atoms with van der Waals surface area (Å²) >= 11 is 0.824. The van der Waals surface area contributed by atoms with E-state index in [2.05, 4.69) is 20.2 Å². The second kappa shape index (κ2) is 7.82. The number of benzene rings is 2. The zero-order chi connectivity index (χ0) is 20.3. The Labute approximate surface area is 163 Å². The third kappa shape index (κ3) is 4.75. The molecule has 0 atom stereocenters. The largest absolute Gasteiger partial charge is 0.296 e. The number of sulfonamides is 1. The monoisotopic (exact) mass is 420 g/mol. The summed E-state index contributed by atoms with van der Waals surface area (Å²) in [5, 5.41) is 9.84. The molecule has 0 aliphatic carbocycles. The summed E-state index contributed by atoms with van der Waals surface area (Å²) in [6.07, 6.45) is 0.962. The van der Waals surface area contributed by atoms with Crippen LogP contribution in [0, 0.1) is 5.82 Å². The minimum Gasteiger partial charge on any atom is -0.296 e. The van der Waals surface area contributed by atoms with Crippen LogP contribution in [0.15, 0.2) is 48.5 Å². The summed E-state index contributed by atoms with van der Waals surface area (Å²) in [7, 11) is -3.52. The quantitative estimate of drug-likeness (QED) is 0.592. The molecule has 0 aliphatic rings. The van der Waals surface area contributed by atoms with E-state index in [1.807, 2.05) is 0 Å². The number of hydrogen-bond donors (Lipinski definition) is 2. The highest BCUT2D eigenvalue weighted by molar-refractivity contribution is 7.92. The van der Waals surface area contributed by atoms with Gasteiger partial charge in [-0.25, -0.2) is 12.8 Å². The van der Waals surface area contributed by atoms with Crippen molar-refractivity contribution in [2.45, 2.75) is 0 Å². The summed E-state index contributed by atoms with van der Waals surface area (Å²) in [5.74, 6) is -1.53. The molecule has 1 heterocycles. The van der Waals surface area contributed by atoms with Crippen LogP contribution in [-0.2, 0) is 10.0 Å². The number of anilines is 2. The highest BCUT2D eigenvalue weighted by Crippen LogP contribution is 2.22. The molecule has 1 amide bonds. The van der Waals surface area contributed by atoms with Crippen LogP contribution in [0.4, 0.5) is 14.7 Å². The molecule has 0 saturated heterocycles. The Bertz CT molecular complexity index is 1140. The van der Waals surface area contributed by atoms with Crippen LogP contribution in [0.5, 0.6) is 0 Å². The number of nitrogens with zero attached hydrogens (tertiary/aromatic N) is 2. The number of aromatic nitrogens is 2. The normalized spacial score (nSPS) is 11.1. The predicted molar refractivity (Wildman–Crippen MR) is 103 cm³/mol. The maximum absolute atomic E-state index is 13.1. The fraction of sp³-hybridized carbons (Fsp3) is 0.0588. The van der Waals surface area contributed by atoms with Gasteiger partial charge in [0.1, 0.15) is 5.82 Å². The van der Waals surface area contributed by atoms with Gasteiger partial charge in [-0.1, -0.05) is 29.5 Å². The van der Waals surface area contributed by atoms with Crippen molar-refractivity contribution in [1.82, 2.24) is 10.2 Å². The molecule has 2 aromatic carbocycles. The van der Waals surface area contributed by atoms with Gasteiger partial charge in [0.25, 0.3) is 5.91 Å². The van der Waals surface area contributed by atoms with Gasteiger partial charge in [-0.3, -0.25) is 19.6 Å². The first kappa shape index (κ1) is 19.6. The molecular formula is C17H13FN4O4S2. The molecule has 28 heavy (non-hydrogen) atoms. The Morgan fingerprint density at radius 1 is 0.964 bits per heavy atom. The molecule has 2 N–H and O–H groups in total. The summed E-state index contributed by atoms with van der Waals surface area (Å²) in [5.41, 5.74) is 0.451. The molecule has 0 unspecified atom stereocenters. The van der Waals surface area contributed by atoms with E-state index in [4.69, 9.17) is 0 Å². The number of ketones is 1. The third-order valence-corrected chi connectivity index (χ3v) is 4.89. The zero-order valence-electron chi connectivity index (χ0n) is 14.3. The summed E-state index contributed by atoms with van der Waals surface area (Å²) in [6, 6.07) is 11.1. The van der Waals surface area contributed by atoms with E-state index < -0.39 is 27.5 Å². The van der Waals surface area contributed by atoms with Gasteiger partial charge in [-0.05, 0) is 30.3 Å². The number of carbonyl (C=O) groups is 2. The van der Waals surface area contributed by atoms with Crippen molar-refractivity contribution < 1.29 is 22.4 Å². The molecule has 0 aliphatic heterocycles. The van der Waals surface area contributed by atoms with Crippen molar-refractivity contribution in [3.8, 4) is 0 Å². The van der Waals surface area contributed by atoms with Crippen molar-refractivity contribution in [2.75, 3.05) is 16.3 Å². The SMILES string of the molecule is CS(=O)(=O)Nc1nnc(NC(=O)c2ccccc2C(=O)c2ccc(F)cc2)s1. The van der Waals surface area contributed by atoms with Crippen LogP contribution >= 0.6 is 11.3 Å². The summed E-state index contributed by atoms with van der Waals surface area (Å²) < 4.78 is 37.6. The Kier molecular flexibility index (Phi) is 5.47. The minimum absolute atomic E-state index is 0.00604. The van der Waals surface area contributed by atoms with E-state index >= 15 is 0 Å². The number of rotatable bonds is 6. The number of hydrogen-bond acceptors (Lipinski definition) is 7. The fourth-order valence-corrected chi connectivity index (χ4v) is 3.74. The van der Waals surface area contributed by atoms with Gasteiger partial charge in [0.2, 0.25) is 20.3 Å². The standard InChI is InChI=1S/C17H13FN4O4S2/c1-28(25,26)22-17-21-20-16(27-17)19-15(24)13-5-3-2-4-12(13)14(23)10-6-8-11(18)9-7-10/h2-9H,1H3,(H,21,22)(H,19,20,24). The van der Waals surface area contributed by atoms with Crippen LogP contribution in [0.1, 0.15) is 26.3 Å². The second-order valence-electron chi connectivity index (χ2n) is 5.62. The first-order valence-electron chi connectivity index (χ1n) is 7.75. The van der Waals surface area contributed by atoms with Gasteiger partial charge >= 0.3 is 0 Å². The fourth-order valence-electron chi connectivity index (χ4n) is 2.27. The van der Waals surface area contributed by atoms with Crippen molar-refractivity contribution in [1.29, 1.82) is 0 Å². The topological polar surface area (TPSA) is 118 Å². The molecule has 0 spiro atoms. The maximum atomic E-state index is 13.1. The van der Waals surface area contributed by atoms with E-state index in [9.17, 15) is 22.4 Å². The Morgan fingerprint density at radius 3 is 2.21 bits per heavy atom. The highest BCUT2D eigenvalue weighted by atomic mass is 32.2. The average molecular weight is 420 g/mol. The van der Waals surface area contributed by atoms with Gasteiger partial charge in [0.05, 0.1) is 11.8 Å². The van der Waals surface area contributed by atoms with Crippen LogP contribution in [0.2, 0.25) is 0 Å². The predicted octanol–water partition coefficient (Wildman–Crippen LogP) is 2.53. The molecule has 144 valence electrons. The van der Waals surface area contributed by atoms with Crippen molar-refractivity contribution >= 4 is 43.3 Å². The molecule has 11 heteroatoms. The smallest absolute Gasteiger partial charge is 0.258 e. The third-order valence-electron chi connectivity index (χ3n) is 3.44. The zero-order valence-corrected chi connectivity index (χ0v) is 16.0. The van der Waals surface area contributed by atoms with Crippen molar-refractivity contribution in [3.05, 3.63) is 71.0 Å². The number of halogens is 1. The van der Waals surface area contributed by atoms with Gasteiger partial charge in [0.15, 0.2) is 5.78 Å². The van der Waals surface area contributed by atoms with Crippen LogP contribution in [0.25, 0.3) is 0 Å². The van der Waals surface area contributed by atoms with Crippen LogP contribution in [0.3, 0.4) is 0 Å². The molecule has 3 rings (SSSR count). The number of amides is 1. The van der Waals surface area contributed by atoms with E-state index in [0.717, 1.165) is 29.7 Å². The highest BCUT2D eigenvalue weighted by Gasteiger charge is 2.19. The van der Waals surface area contributed by atoms with Crippen LogP contribution in [-0.4, -0.2) is 36.6 Å². The van der Waals surface area contributed by atoms with Gasteiger partial charge in [-0.15, -0.1) is 10.2 Å². The molecule has 0 radical (unpaired) electrons. The van der Waals surface area contributed by atoms with Gasteiger partial charge in [-0.2, -0.15) is 0 Å². The molecular weight excluding hydrogens is 407 g/mol. The Hall–Kier alpha value is -3.18. The lowest BCUT2D eigenvalue weighted by Crippen LogP contribution is -2.16. The molecule has 0 bridgehead atoms. The molecule has 1 aromatic heterocycles. The number of carbonyl (C=O) groups excluding carboxylic acids is 2. The number of nitrogens with one attached hydrogen (secondary N) is 2. The van der Waals surface area contributed by atoms with Crippen molar-refractivity contribution in [2.24, 2.45) is 0 Å². The average Bonchev–Trinajstić information content (AvgIpc) is 3.06. The van der Waals surface area contributed by atoms with Gasteiger partial charge < -0.3 is 0 Å². The van der Waals surface area contributed by atoms with E-state index in [0.29, 0.717) is 0 Å². The Morgan fingerprint density at radius 2 is 1.57 bits per heavy atom. The molecule has 8 nitrogen and oxygen atoms in total. The lowest BCUT2D eigenvalue weighted by atomic mass is 9.98. The molecule has 0 fully saturated rings. The first-order valence-corrected chi connectivity index (χ1v) is 10.5. The van der Waals surface area contributed by atoms with Crippen LogP contribution < -0.4 is 10.0 Å². The van der Waals surface area contributed by atoms with E-state index in [1.165, 1.54) is 24.3 Å². The van der Waals surface area contributed by atoms with E-state index in [1.54, 1.807) is 12.1 Å². The minimum atomic E-state index is -3.52. The summed E-state index contributed by atoms with van der Waals surface area (Å²) in [4.78, 5) is 25.3. The van der Waals surface area contributed by atoms with Crippen molar-refractivity contribution in [3.63, 3.8) is 0 Å². The molecule has 3 aromatic rings. The lowest BCUT2D eigenvalue weighted by molar-refractivity contribution is 0.0996. The molecule has 0 saturated carbocycles. The second-order valence-corrected chi connectivity index (χ2v) is 8.35. The lowest BCUT2D eigenvalue weighted by Gasteiger charge is -2.08. The van der Waals surface area contributed by atoms with E-state index in [-0.39, 0.29) is 27.0 Å². The summed E-state index contributed by atoms with van der Waals surface area (Å²) in [6.45, 7) is 0. The van der Waals surface area contributed by atoms with Gasteiger partial charge in [0, 0.05) is 11.1 Å². The first-order chi connectivity index (χ1) is 13.2. The Balaban J connectivity index is 1.83.